The van der Waals surface area contributed by atoms with Crippen molar-refractivity contribution in [2.75, 3.05) is 13.1 Å². The number of hydrogen-bond donors (Lipinski definition) is 1. The van der Waals surface area contributed by atoms with Crippen LogP contribution in [0.1, 0.15) is 18.9 Å². The van der Waals surface area contributed by atoms with Gasteiger partial charge in [0.05, 0.1) is 9.79 Å². The van der Waals surface area contributed by atoms with Gasteiger partial charge in [-0.1, -0.05) is 19.1 Å². The number of sulfone groups is 1. The van der Waals surface area contributed by atoms with Gasteiger partial charge >= 0.3 is 0 Å². The molecule has 2 aliphatic heterocycles. The van der Waals surface area contributed by atoms with Gasteiger partial charge in [0.25, 0.3) is 0 Å². The lowest BCUT2D eigenvalue weighted by molar-refractivity contribution is 0.123. The Morgan fingerprint density at radius 1 is 1.21 bits per heavy atom. The monoisotopic (exact) mass is 347 g/mol. The normalized spacial score (nSPS) is 25.7. The van der Waals surface area contributed by atoms with E-state index in [1.165, 1.54) is 18.2 Å². The van der Waals surface area contributed by atoms with Crippen molar-refractivity contribution in [1.29, 1.82) is 0 Å². The second-order valence-corrected chi connectivity index (χ2v) is 8.55. The molecule has 2 aromatic rings. The number of benzene rings is 2. The number of rotatable bonds is 2. The third kappa shape index (κ3) is 2.24. The van der Waals surface area contributed by atoms with E-state index >= 15 is 0 Å². The van der Waals surface area contributed by atoms with Crippen LogP contribution in [0.2, 0.25) is 0 Å². The molecule has 1 fully saturated rings. The number of fused-ring (bicyclic) bond motifs is 3. The number of piperidine rings is 1. The second kappa shape index (κ2) is 5.29. The van der Waals surface area contributed by atoms with Gasteiger partial charge in [-0.05, 0) is 43.3 Å². The van der Waals surface area contributed by atoms with Crippen LogP contribution in [0.4, 0.5) is 4.39 Å². The van der Waals surface area contributed by atoms with E-state index in [-0.39, 0.29) is 21.3 Å². The molecule has 126 valence electrons. The van der Waals surface area contributed by atoms with Crippen molar-refractivity contribution in [3.8, 4) is 5.75 Å². The zero-order valence-electron chi connectivity index (χ0n) is 13.3. The van der Waals surface area contributed by atoms with Gasteiger partial charge in [0.1, 0.15) is 17.7 Å². The van der Waals surface area contributed by atoms with Gasteiger partial charge in [0.2, 0.25) is 9.84 Å². The molecular formula is C18H18FNO3S. The third-order valence-corrected chi connectivity index (χ3v) is 6.86. The van der Waals surface area contributed by atoms with Crippen molar-refractivity contribution in [1.82, 2.24) is 5.32 Å². The number of ether oxygens (including phenoxy) is 1. The van der Waals surface area contributed by atoms with Crippen LogP contribution in [0.25, 0.3) is 0 Å². The van der Waals surface area contributed by atoms with Crippen LogP contribution in [-0.4, -0.2) is 27.6 Å². The first-order valence-corrected chi connectivity index (χ1v) is 9.42. The summed E-state index contributed by atoms with van der Waals surface area (Å²) in [6.45, 7) is 3.82. The molecule has 2 heterocycles. The maximum absolute atomic E-state index is 13.4. The maximum Gasteiger partial charge on any atom is 0.206 e. The summed E-state index contributed by atoms with van der Waals surface area (Å²) in [5, 5.41) is 3.31. The van der Waals surface area contributed by atoms with Crippen LogP contribution in [0.3, 0.4) is 0 Å². The summed E-state index contributed by atoms with van der Waals surface area (Å²) >= 11 is 0. The molecule has 4 nitrogen and oxygen atoms in total. The fourth-order valence-electron chi connectivity index (χ4n) is 3.61. The molecule has 0 amide bonds. The predicted molar refractivity (Wildman–Crippen MR) is 87.5 cm³/mol. The predicted octanol–water partition coefficient (Wildman–Crippen LogP) is 2.67. The standard InChI is InChI=1S/C18H18FNO3S/c1-18-7-8-20-11-17(18)23-16-10-14(5-6-15(16)18)24(21,22)13-4-2-3-12(19)9-13/h2-6,9-10,17,20H,7-8,11H2,1H3. The molecule has 2 atom stereocenters. The molecule has 6 heteroatoms. The Labute approximate surface area is 140 Å². The van der Waals surface area contributed by atoms with E-state index in [1.807, 2.05) is 6.07 Å². The summed E-state index contributed by atoms with van der Waals surface area (Å²) in [4.78, 5) is 0.0767. The van der Waals surface area contributed by atoms with Crippen molar-refractivity contribution < 1.29 is 17.5 Å². The second-order valence-electron chi connectivity index (χ2n) is 6.60. The molecule has 0 bridgehead atoms. The Morgan fingerprint density at radius 2 is 2.00 bits per heavy atom. The van der Waals surface area contributed by atoms with E-state index in [1.54, 1.807) is 12.1 Å². The van der Waals surface area contributed by atoms with E-state index in [0.29, 0.717) is 5.75 Å². The van der Waals surface area contributed by atoms with Gasteiger partial charge < -0.3 is 10.1 Å². The fraction of sp³-hybridized carbons (Fsp3) is 0.333. The smallest absolute Gasteiger partial charge is 0.206 e. The van der Waals surface area contributed by atoms with Crippen LogP contribution < -0.4 is 10.1 Å². The van der Waals surface area contributed by atoms with Crippen LogP contribution >= 0.6 is 0 Å². The van der Waals surface area contributed by atoms with Gasteiger partial charge in [0.15, 0.2) is 0 Å². The summed E-state index contributed by atoms with van der Waals surface area (Å²) in [6, 6.07) is 10.1. The molecule has 24 heavy (non-hydrogen) atoms. The Balaban J connectivity index is 1.78. The largest absolute Gasteiger partial charge is 0.488 e. The highest BCUT2D eigenvalue weighted by Crippen LogP contribution is 2.47. The minimum absolute atomic E-state index is 0.00775. The van der Waals surface area contributed by atoms with Gasteiger partial charge in [-0.25, -0.2) is 12.8 Å². The van der Waals surface area contributed by atoms with Gasteiger partial charge in [-0.3, -0.25) is 0 Å². The van der Waals surface area contributed by atoms with Crippen LogP contribution in [0.5, 0.6) is 5.75 Å². The molecule has 0 aliphatic carbocycles. The lowest BCUT2D eigenvalue weighted by Crippen LogP contribution is -2.49. The fourth-order valence-corrected chi connectivity index (χ4v) is 4.92. The summed E-state index contributed by atoms with van der Waals surface area (Å²) in [5.41, 5.74) is 0.953. The minimum atomic E-state index is -3.77. The molecular weight excluding hydrogens is 329 g/mol. The quantitative estimate of drug-likeness (QED) is 0.907. The summed E-state index contributed by atoms with van der Waals surface area (Å²) in [6.07, 6.45) is 0.953. The number of halogens is 1. The highest BCUT2D eigenvalue weighted by atomic mass is 32.2. The van der Waals surface area contributed by atoms with Gasteiger partial charge in [-0.2, -0.15) is 0 Å². The number of nitrogens with one attached hydrogen (secondary N) is 1. The van der Waals surface area contributed by atoms with Crippen LogP contribution in [0, 0.1) is 5.82 Å². The van der Waals surface area contributed by atoms with Crippen molar-refractivity contribution >= 4 is 9.84 Å². The molecule has 0 spiro atoms. The third-order valence-electron chi connectivity index (χ3n) is 5.12. The van der Waals surface area contributed by atoms with Crippen LogP contribution in [-0.2, 0) is 15.3 Å². The van der Waals surface area contributed by atoms with Gasteiger partial charge in [0, 0.05) is 17.5 Å². The number of hydrogen-bond acceptors (Lipinski definition) is 4. The Kier molecular flexibility index (Phi) is 3.44. The van der Waals surface area contributed by atoms with E-state index in [0.717, 1.165) is 31.1 Å². The van der Waals surface area contributed by atoms with Crippen molar-refractivity contribution in [2.24, 2.45) is 0 Å². The van der Waals surface area contributed by atoms with Crippen LogP contribution in [0.15, 0.2) is 52.3 Å². The van der Waals surface area contributed by atoms with E-state index in [4.69, 9.17) is 4.74 Å². The Hall–Kier alpha value is -1.92. The highest BCUT2D eigenvalue weighted by molar-refractivity contribution is 7.91. The Bertz CT molecular complexity index is 912. The van der Waals surface area contributed by atoms with Crippen molar-refractivity contribution in [3.05, 3.63) is 53.8 Å². The summed E-state index contributed by atoms with van der Waals surface area (Å²) in [5.74, 6) is 0.0433. The lowest BCUT2D eigenvalue weighted by Gasteiger charge is -2.35. The topological polar surface area (TPSA) is 55.4 Å². The van der Waals surface area contributed by atoms with Gasteiger partial charge in [-0.15, -0.1) is 0 Å². The zero-order chi connectivity index (χ0) is 16.9. The molecule has 2 aromatic carbocycles. The molecule has 1 saturated heterocycles. The summed E-state index contributed by atoms with van der Waals surface area (Å²) < 4.78 is 44.9. The molecule has 0 radical (unpaired) electrons. The molecule has 2 unspecified atom stereocenters. The van der Waals surface area contributed by atoms with E-state index in [2.05, 4.69) is 12.2 Å². The van der Waals surface area contributed by atoms with Crippen molar-refractivity contribution in [3.63, 3.8) is 0 Å². The highest BCUT2D eigenvalue weighted by Gasteiger charge is 2.46. The average Bonchev–Trinajstić information content (AvgIpc) is 2.86. The first-order chi connectivity index (χ1) is 11.4. The maximum atomic E-state index is 13.4. The zero-order valence-corrected chi connectivity index (χ0v) is 14.1. The Morgan fingerprint density at radius 3 is 2.79 bits per heavy atom. The van der Waals surface area contributed by atoms with Crippen molar-refractivity contribution in [2.45, 2.75) is 34.7 Å². The first kappa shape index (κ1) is 15.6. The molecule has 4 rings (SSSR count). The first-order valence-electron chi connectivity index (χ1n) is 7.94. The average molecular weight is 347 g/mol. The van der Waals surface area contributed by atoms with E-state index in [9.17, 15) is 12.8 Å². The molecule has 1 N–H and O–H groups in total. The summed E-state index contributed by atoms with van der Waals surface area (Å²) in [7, 11) is -3.77. The lowest BCUT2D eigenvalue weighted by atomic mass is 9.74. The molecule has 2 aliphatic rings. The molecule has 0 saturated carbocycles. The van der Waals surface area contributed by atoms with E-state index < -0.39 is 15.7 Å². The molecule has 0 aromatic heterocycles. The minimum Gasteiger partial charge on any atom is -0.488 e. The SMILES string of the molecule is CC12CCNCC1Oc1cc(S(=O)(=O)c3cccc(F)c3)ccc12.